The molecule has 3 aromatic rings. The summed E-state index contributed by atoms with van der Waals surface area (Å²) in [6.45, 7) is 2.81. The number of ether oxygens (including phenoxy) is 1. The van der Waals surface area contributed by atoms with Crippen LogP contribution in [-0.4, -0.2) is 32.5 Å². The summed E-state index contributed by atoms with van der Waals surface area (Å²) in [5.74, 6) is -1.19. The number of rotatable bonds is 12. The van der Waals surface area contributed by atoms with Crippen LogP contribution in [0.5, 0.6) is 5.75 Å². The molecule has 0 aliphatic carbocycles. The van der Waals surface area contributed by atoms with Gasteiger partial charge >= 0.3 is 0 Å². The van der Waals surface area contributed by atoms with E-state index in [0.717, 1.165) is 24.3 Å². The Kier molecular flexibility index (Phi) is 10.3. The fraction of sp³-hybridized carbons (Fsp3) is 0.267. The first-order valence-corrected chi connectivity index (χ1v) is 12.5. The quantitative estimate of drug-likeness (QED) is 0.226. The molecule has 0 aliphatic heterocycles. The van der Waals surface area contributed by atoms with Gasteiger partial charge in [-0.15, -0.1) is 0 Å². The monoisotopic (exact) mass is 503 g/mol. The molecule has 0 spiro atoms. The van der Waals surface area contributed by atoms with E-state index in [1.807, 2.05) is 43.3 Å². The molecular formula is C30H34FN3O3. The largest absolute Gasteiger partial charge is 0.494 e. The molecule has 3 aromatic carbocycles. The smallest absolute Gasteiger partial charge is 0.272 e. The summed E-state index contributed by atoms with van der Waals surface area (Å²) in [7, 11) is 3.86. The highest BCUT2D eigenvalue weighted by molar-refractivity contribution is 6.10. The third kappa shape index (κ3) is 8.49. The first-order chi connectivity index (χ1) is 17.9. The number of amides is 2. The Balaban J connectivity index is 1.75. The van der Waals surface area contributed by atoms with Gasteiger partial charge in [-0.1, -0.05) is 50.5 Å². The molecule has 0 heterocycles. The van der Waals surface area contributed by atoms with Crippen molar-refractivity contribution in [3.8, 4) is 5.75 Å². The van der Waals surface area contributed by atoms with Crippen LogP contribution in [0.15, 0.2) is 78.5 Å². The fourth-order valence-electron chi connectivity index (χ4n) is 3.58. The number of halogens is 1. The Hall–Kier alpha value is -4.13. The van der Waals surface area contributed by atoms with Crippen molar-refractivity contribution in [3.05, 3.63) is 95.4 Å². The lowest BCUT2D eigenvalue weighted by Gasteiger charge is -2.14. The highest BCUT2D eigenvalue weighted by Crippen LogP contribution is 2.19. The normalized spacial score (nSPS) is 11.1. The molecule has 2 N–H and O–H groups in total. The molecule has 37 heavy (non-hydrogen) atoms. The number of hydrogen-bond donors (Lipinski definition) is 2. The average molecular weight is 504 g/mol. The molecule has 6 nitrogen and oxygen atoms in total. The van der Waals surface area contributed by atoms with Gasteiger partial charge in [0.15, 0.2) is 0 Å². The Morgan fingerprint density at radius 1 is 0.919 bits per heavy atom. The van der Waals surface area contributed by atoms with Crippen molar-refractivity contribution in [1.29, 1.82) is 0 Å². The van der Waals surface area contributed by atoms with E-state index in [1.165, 1.54) is 31.0 Å². The van der Waals surface area contributed by atoms with Crippen molar-refractivity contribution in [2.45, 2.75) is 32.6 Å². The second kappa shape index (κ2) is 13.8. The summed E-state index contributed by atoms with van der Waals surface area (Å²) in [6, 6.07) is 20.2. The van der Waals surface area contributed by atoms with Gasteiger partial charge in [0, 0.05) is 25.5 Å². The molecule has 0 saturated carbocycles. The summed E-state index contributed by atoms with van der Waals surface area (Å²) >= 11 is 0. The summed E-state index contributed by atoms with van der Waals surface area (Å²) in [6.07, 6.45) is 6.06. The minimum Gasteiger partial charge on any atom is -0.494 e. The first-order valence-electron chi connectivity index (χ1n) is 12.5. The van der Waals surface area contributed by atoms with Crippen LogP contribution in [0.2, 0.25) is 0 Å². The van der Waals surface area contributed by atoms with Gasteiger partial charge in [0.2, 0.25) is 0 Å². The molecular weight excluding hydrogens is 469 g/mol. The standard InChI is InChI=1S/C30H34FN3O3/c1-4-5-6-9-20-37-25-18-14-23(15-19-25)32-30(36)28(21-22-12-16-24(17-13-22)34(2)3)33-29(35)26-10-7-8-11-27(26)31/h7-8,10-19,21H,4-6,9,20H2,1-3H3,(H,32,36)(H,33,35)/b28-21-. The zero-order valence-corrected chi connectivity index (χ0v) is 21.6. The number of anilines is 2. The summed E-state index contributed by atoms with van der Waals surface area (Å²) in [4.78, 5) is 27.9. The van der Waals surface area contributed by atoms with E-state index in [4.69, 9.17) is 4.74 Å². The molecule has 0 radical (unpaired) electrons. The molecule has 0 saturated heterocycles. The van der Waals surface area contributed by atoms with Crippen LogP contribution >= 0.6 is 0 Å². The van der Waals surface area contributed by atoms with Crippen LogP contribution in [0.1, 0.15) is 48.5 Å². The van der Waals surface area contributed by atoms with E-state index < -0.39 is 17.6 Å². The number of benzene rings is 3. The molecule has 2 amide bonds. The first kappa shape index (κ1) is 27.5. The molecule has 194 valence electrons. The number of carbonyl (C=O) groups excluding carboxylic acids is 2. The zero-order valence-electron chi connectivity index (χ0n) is 21.6. The second-order valence-corrected chi connectivity index (χ2v) is 8.87. The van der Waals surface area contributed by atoms with Crippen molar-refractivity contribution in [1.82, 2.24) is 5.32 Å². The fourth-order valence-corrected chi connectivity index (χ4v) is 3.58. The summed E-state index contributed by atoms with van der Waals surface area (Å²) in [5.41, 5.74) is 2.08. The van der Waals surface area contributed by atoms with Crippen molar-refractivity contribution in [3.63, 3.8) is 0 Å². The lowest BCUT2D eigenvalue weighted by atomic mass is 10.1. The number of unbranched alkanes of at least 4 members (excludes halogenated alkanes) is 3. The number of nitrogens with one attached hydrogen (secondary N) is 2. The highest BCUT2D eigenvalue weighted by Gasteiger charge is 2.17. The van der Waals surface area contributed by atoms with E-state index in [0.29, 0.717) is 17.9 Å². The Morgan fingerprint density at radius 2 is 1.62 bits per heavy atom. The van der Waals surface area contributed by atoms with Gasteiger partial charge in [-0.25, -0.2) is 4.39 Å². The van der Waals surface area contributed by atoms with Crippen molar-refractivity contribution in [2.75, 3.05) is 30.9 Å². The maximum Gasteiger partial charge on any atom is 0.272 e. The lowest BCUT2D eigenvalue weighted by Crippen LogP contribution is -2.31. The molecule has 0 atom stereocenters. The summed E-state index contributed by atoms with van der Waals surface area (Å²) in [5, 5.41) is 5.37. The predicted molar refractivity (Wildman–Crippen MR) is 147 cm³/mol. The topological polar surface area (TPSA) is 70.7 Å². The lowest BCUT2D eigenvalue weighted by molar-refractivity contribution is -0.113. The minimum atomic E-state index is -0.712. The van der Waals surface area contributed by atoms with Crippen LogP contribution in [0.25, 0.3) is 6.08 Å². The highest BCUT2D eigenvalue weighted by atomic mass is 19.1. The molecule has 0 aliphatic rings. The maximum atomic E-state index is 14.2. The van der Waals surface area contributed by atoms with Crippen molar-refractivity contribution in [2.24, 2.45) is 0 Å². The Morgan fingerprint density at radius 3 is 2.27 bits per heavy atom. The Bertz CT molecular complexity index is 1210. The average Bonchev–Trinajstić information content (AvgIpc) is 2.89. The molecule has 0 aromatic heterocycles. The van der Waals surface area contributed by atoms with E-state index >= 15 is 0 Å². The van der Waals surface area contributed by atoms with Crippen LogP contribution in [-0.2, 0) is 4.79 Å². The Labute approximate surface area is 218 Å². The third-order valence-corrected chi connectivity index (χ3v) is 5.71. The maximum absolute atomic E-state index is 14.2. The van der Waals surface area contributed by atoms with Crippen LogP contribution in [0, 0.1) is 5.82 Å². The third-order valence-electron chi connectivity index (χ3n) is 5.71. The molecule has 0 unspecified atom stereocenters. The van der Waals surface area contributed by atoms with E-state index in [1.54, 1.807) is 36.4 Å². The van der Waals surface area contributed by atoms with Gasteiger partial charge in [0.05, 0.1) is 12.2 Å². The van der Waals surface area contributed by atoms with Gasteiger partial charge in [-0.2, -0.15) is 0 Å². The van der Waals surface area contributed by atoms with Gasteiger partial charge in [0.25, 0.3) is 11.8 Å². The molecule has 7 heteroatoms. The molecule has 0 fully saturated rings. The van der Waals surface area contributed by atoms with Gasteiger partial charge in [0.1, 0.15) is 17.3 Å². The second-order valence-electron chi connectivity index (χ2n) is 8.87. The van der Waals surface area contributed by atoms with E-state index in [-0.39, 0.29) is 11.3 Å². The molecule has 3 rings (SSSR count). The SMILES string of the molecule is CCCCCCOc1ccc(NC(=O)/C(=C/c2ccc(N(C)C)cc2)NC(=O)c2ccccc2F)cc1. The van der Waals surface area contributed by atoms with E-state index in [9.17, 15) is 14.0 Å². The summed E-state index contributed by atoms with van der Waals surface area (Å²) < 4.78 is 19.9. The van der Waals surface area contributed by atoms with Crippen LogP contribution in [0.4, 0.5) is 15.8 Å². The van der Waals surface area contributed by atoms with Crippen molar-refractivity contribution < 1.29 is 18.7 Å². The number of nitrogens with zero attached hydrogens (tertiary/aromatic N) is 1. The van der Waals surface area contributed by atoms with Gasteiger partial charge in [-0.05, 0) is 66.6 Å². The predicted octanol–water partition coefficient (Wildman–Crippen LogP) is 6.26. The van der Waals surface area contributed by atoms with Gasteiger partial charge < -0.3 is 20.3 Å². The number of carbonyl (C=O) groups is 2. The minimum absolute atomic E-state index is 0.0119. The van der Waals surface area contributed by atoms with Gasteiger partial charge in [-0.3, -0.25) is 9.59 Å². The van der Waals surface area contributed by atoms with Crippen molar-refractivity contribution >= 4 is 29.3 Å². The zero-order chi connectivity index (χ0) is 26.6. The van der Waals surface area contributed by atoms with E-state index in [2.05, 4.69) is 17.6 Å². The number of hydrogen-bond acceptors (Lipinski definition) is 4. The van der Waals surface area contributed by atoms with Crippen LogP contribution < -0.4 is 20.3 Å². The van der Waals surface area contributed by atoms with Crippen LogP contribution in [0.3, 0.4) is 0 Å². The molecule has 0 bridgehead atoms.